The normalized spacial score (nSPS) is 21.4. The molecule has 0 aromatic heterocycles. The highest BCUT2D eigenvalue weighted by Gasteiger charge is 2.56. The molecule has 1 atom stereocenters. The van der Waals surface area contributed by atoms with Gasteiger partial charge in [-0.15, -0.1) is 0 Å². The van der Waals surface area contributed by atoms with E-state index in [4.69, 9.17) is 18.9 Å². The van der Waals surface area contributed by atoms with Crippen molar-refractivity contribution in [1.82, 2.24) is 0 Å². The molecule has 2 aliphatic carbocycles. The predicted octanol–water partition coefficient (Wildman–Crippen LogP) is 13.9. The Morgan fingerprint density at radius 3 is 1.95 bits per heavy atom. The summed E-state index contributed by atoms with van der Waals surface area (Å²) in [6, 6.07) is 30.8. The maximum atomic E-state index is 7.82. The first kappa shape index (κ1) is 37.2. The minimum absolute atomic E-state index is 0.143. The molecule has 0 saturated heterocycles. The number of rotatable bonds is 9. The van der Waals surface area contributed by atoms with Gasteiger partial charge in [-0.25, -0.2) is 0 Å². The molecule has 0 radical (unpaired) electrons. The summed E-state index contributed by atoms with van der Waals surface area (Å²) in [6.45, 7) is 14.5. The van der Waals surface area contributed by atoms with Gasteiger partial charge in [0.15, 0.2) is 10.5 Å². The zero-order chi connectivity index (χ0) is 39.1. The molecule has 9 rings (SSSR count). The first-order valence-electron chi connectivity index (χ1n) is 20.7. The molecule has 1 unspecified atom stereocenters. The van der Waals surface area contributed by atoms with Crippen LogP contribution in [0.5, 0.6) is 23.0 Å². The smallest absolute Gasteiger partial charge is 0.178 e. The van der Waals surface area contributed by atoms with Crippen LogP contribution in [0.15, 0.2) is 95.9 Å². The van der Waals surface area contributed by atoms with E-state index in [0.29, 0.717) is 0 Å². The van der Waals surface area contributed by atoms with E-state index in [1.807, 2.05) is 36.0 Å². The van der Waals surface area contributed by atoms with Crippen molar-refractivity contribution in [3.63, 3.8) is 0 Å². The van der Waals surface area contributed by atoms with Gasteiger partial charge in [0.25, 0.3) is 0 Å². The second-order valence-electron chi connectivity index (χ2n) is 18.4. The van der Waals surface area contributed by atoms with Gasteiger partial charge in [0.1, 0.15) is 23.0 Å². The van der Waals surface area contributed by atoms with Crippen LogP contribution in [0.1, 0.15) is 121 Å². The molecule has 1 fully saturated rings. The van der Waals surface area contributed by atoms with E-state index in [1.165, 1.54) is 44.5 Å². The highest BCUT2D eigenvalue weighted by Crippen LogP contribution is 2.67. The number of benzene rings is 5. The predicted molar refractivity (Wildman–Crippen MR) is 232 cm³/mol. The zero-order valence-corrected chi connectivity index (χ0v) is 35.3. The minimum atomic E-state index is -0.897. The van der Waals surface area contributed by atoms with Crippen molar-refractivity contribution >= 4 is 28.6 Å². The van der Waals surface area contributed by atoms with Gasteiger partial charge in [-0.2, -0.15) is 0 Å². The summed E-state index contributed by atoms with van der Waals surface area (Å²) in [6.07, 6.45) is 13.5. The third-order valence-electron chi connectivity index (χ3n) is 13.0. The highest BCUT2D eigenvalue weighted by molar-refractivity contribution is 8.00. The fourth-order valence-corrected chi connectivity index (χ4v) is 13.0. The van der Waals surface area contributed by atoms with Crippen molar-refractivity contribution in [1.29, 1.82) is 0 Å². The molecule has 0 bridgehead atoms. The number of hydrogen-bond acceptors (Lipinski definition) is 5. The lowest BCUT2D eigenvalue weighted by Gasteiger charge is -2.52. The molecule has 1 saturated carbocycles. The maximum Gasteiger partial charge on any atom is 0.178 e. The molecule has 0 N–H and O–H groups in total. The minimum Gasteiger partial charge on any atom is -0.497 e. The van der Waals surface area contributed by atoms with Gasteiger partial charge in [0, 0.05) is 27.5 Å². The quantitative estimate of drug-likeness (QED) is 0.149. The van der Waals surface area contributed by atoms with E-state index >= 15 is 0 Å². The average Bonchev–Trinajstić information content (AvgIpc) is 3.67. The Bertz CT molecular complexity index is 2290. The van der Waals surface area contributed by atoms with Crippen molar-refractivity contribution in [3.05, 3.63) is 119 Å². The molecular formula is C51H56O4S. The van der Waals surface area contributed by atoms with Crippen LogP contribution in [-0.4, -0.2) is 19.2 Å². The molecule has 4 aliphatic rings. The fourth-order valence-electron chi connectivity index (χ4n) is 11.6. The van der Waals surface area contributed by atoms with Crippen LogP contribution in [0, 0.1) is 10.8 Å². The third kappa shape index (κ3) is 5.77. The van der Waals surface area contributed by atoms with Gasteiger partial charge in [-0.1, -0.05) is 121 Å². The highest BCUT2D eigenvalue weighted by atomic mass is 32.2. The molecule has 5 heteroatoms. The molecule has 5 aromatic carbocycles. The van der Waals surface area contributed by atoms with Gasteiger partial charge < -0.3 is 18.9 Å². The Morgan fingerprint density at radius 1 is 0.696 bits per heavy atom. The molecule has 0 amide bonds. The summed E-state index contributed by atoms with van der Waals surface area (Å²) >= 11 is 1.93. The van der Waals surface area contributed by atoms with Gasteiger partial charge in [0.05, 0.1) is 19.1 Å². The number of unbranched alkanes of at least 4 members (excludes halogenated alkanes) is 1. The summed E-state index contributed by atoms with van der Waals surface area (Å²) in [5, 5.41) is 2.37. The topological polar surface area (TPSA) is 36.9 Å². The maximum absolute atomic E-state index is 7.82. The summed E-state index contributed by atoms with van der Waals surface area (Å²) in [7, 11) is 3.43. The lowest BCUT2D eigenvalue weighted by atomic mass is 9.52. The summed E-state index contributed by atoms with van der Waals surface area (Å²) < 4.78 is 26.2. The Labute approximate surface area is 338 Å². The molecule has 290 valence electrons. The largest absolute Gasteiger partial charge is 0.497 e. The van der Waals surface area contributed by atoms with Crippen molar-refractivity contribution in [2.45, 2.75) is 114 Å². The number of ether oxygens (including phenoxy) is 4. The van der Waals surface area contributed by atoms with Crippen LogP contribution in [0.2, 0.25) is 0 Å². The van der Waals surface area contributed by atoms with E-state index in [9.17, 15) is 0 Å². The second-order valence-corrected chi connectivity index (χ2v) is 19.8. The van der Waals surface area contributed by atoms with Crippen LogP contribution in [0.25, 0.3) is 28.0 Å². The summed E-state index contributed by atoms with van der Waals surface area (Å²) in [5.74, 6) is 3.59. The third-order valence-corrected chi connectivity index (χ3v) is 14.4. The zero-order valence-electron chi connectivity index (χ0n) is 34.4. The molecular weight excluding hydrogens is 709 g/mol. The molecule has 5 aromatic rings. The molecule has 4 nitrogen and oxygen atoms in total. The van der Waals surface area contributed by atoms with Crippen molar-refractivity contribution in [3.8, 4) is 34.1 Å². The Morgan fingerprint density at radius 2 is 1.34 bits per heavy atom. The molecule has 2 heterocycles. The summed E-state index contributed by atoms with van der Waals surface area (Å²) in [5.41, 5.74) is 8.10. The number of hydrogen-bond donors (Lipinski definition) is 0. The van der Waals surface area contributed by atoms with Gasteiger partial charge >= 0.3 is 0 Å². The summed E-state index contributed by atoms with van der Waals surface area (Å²) in [4.78, 5) is 0.962. The molecule has 2 aliphatic heterocycles. The van der Waals surface area contributed by atoms with E-state index in [1.54, 1.807) is 14.2 Å². The van der Waals surface area contributed by atoms with Crippen LogP contribution >= 0.6 is 11.8 Å². The molecule has 1 spiro atoms. The van der Waals surface area contributed by atoms with Gasteiger partial charge in [-0.05, 0) is 119 Å². The lowest BCUT2D eigenvalue weighted by Crippen LogP contribution is -2.44. The van der Waals surface area contributed by atoms with Crippen LogP contribution in [0.4, 0.5) is 0 Å². The first-order chi connectivity index (χ1) is 26.9. The monoisotopic (exact) mass is 764 g/mol. The van der Waals surface area contributed by atoms with Crippen LogP contribution in [0.3, 0.4) is 0 Å². The van der Waals surface area contributed by atoms with Crippen molar-refractivity contribution in [2.24, 2.45) is 10.8 Å². The number of fused-ring (bicyclic) bond motifs is 11. The lowest BCUT2D eigenvalue weighted by molar-refractivity contribution is 0.0642. The SMILES string of the molecule is CCCCC1(CCC)Oc2cc3c4c(c5c(c3cc2S1)OC(c1ccc(OC)cc1)(c1ccc(OC)cc1)C=C5)C1(CC(C)(C)CC(C)(C)C1)c1ccccc1-4. The van der Waals surface area contributed by atoms with E-state index in [0.717, 1.165) is 84.5 Å². The average molecular weight is 765 g/mol. The second kappa shape index (κ2) is 13.4. The van der Waals surface area contributed by atoms with Gasteiger partial charge in [0.2, 0.25) is 0 Å². The van der Waals surface area contributed by atoms with E-state index in [2.05, 4.69) is 114 Å². The van der Waals surface area contributed by atoms with E-state index < -0.39 is 5.60 Å². The number of thioether (sulfide) groups is 1. The Kier molecular flexibility index (Phi) is 8.89. The standard InChI is InChI=1S/C51H56O4S/c1-9-11-26-50(25-10-2)54-42-28-39-40(29-43(42)56-50)46-38(45-44(39)37-14-12-13-15-41(37)49(45)31-47(3,4)30-48(5,6)32-49)24-27-51(55-46,33-16-20-35(52-7)21-17-33)34-18-22-36(53-8)23-19-34/h12-24,27-29H,9-11,25-26,30-32H2,1-8H3. The van der Waals surface area contributed by atoms with Gasteiger partial charge in [-0.3, -0.25) is 0 Å². The number of methoxy groups -OCH3 is 2. The fraction of sp³-hybridized carbons (Fsp3) is 0.412. The Balaban J connectivity index is 1.36. The van der Waals surface area contributed by atoms with Crippen LogP contribution < -0.4 is 18.9 Å². The van der Waals surface area contributed by atoms with Crippen LogP contribution in [-0.2, 0) is 11.0 Å². The first-order valence-corrected chi connectivity index (χ1v) is 21.5. The van der Waals surface area contributed by atoms with Crippen molar-refractivity contribution in [2.75, 3.05) is 14.2 Å². The van der Waals surface area contributed by atoms with E-state index in [-0.39, 0.29) is 21.2 Å². The van der Waals surface area contributed by atoms with Crippen molar-refractivity contribution < 1.29 is 18.9 Å². The Hall–Kier alpha value is -4.35. The molecule has 56 heavy (non-hydrogen) atoms.